The van der Waals surface area contributed by atoms with Crippen LogP contribution in [-0.2, 0) is 14.8 Å². The van der Waals surface area contributed by atoms with Crippen molar-refractivity contribution in [3.63, 3.8) is 0 Å². The fraction of sp³-hybridized carbons (Fsp3) is 0.467. The molecule has 0 spiro atoms. The topological polar surface area (TPSA) is 72.6 Å². The highest BCUT2D eigenvalue weighted by Crippen LogP contribution is 2.22. The number of rotatable bonds is 2. The summed E-state index contributed by atoms with van der Waals surface area (Å²) in [7, 11) is -3.50. The van der Waals surface area contributed by atoms with Crippen LogP contribution in [0.1, 0.15) is 19.4 Å². The quantitative estimate of drug-likeness (QED) is 0.820. The summed E-state index contributed by atoms with van der Waals surface area (Å²) in [4.78, 5) is 0.279. The van der Waals surface area contributed by atoms with E-state index in [1.54, 1.807) is 24.3 Å². The van der Waals surface area contributed by atoms with Gasteiger partial charge in [0.05, 0.1) is 24.2 Å². The average molecular weight is 308 g/mol. The molecule has 1 aromatic rings. The first kappa shape index (κ1) is 16.0. The average Bonchev–Trinajstić information content (AvgIpc) is 2.48. The molecule has 2 N–H and O–H groups in total. The van der Waals surface area contributed by atoms with Crippen molar-refractivity contribution in [3.8, 4) is 11.8 Å². The molecule has 6 heteroatoms. The van der Waals surface area contributed by atoms with E-state index in [9.17, 15) is 8.42 Å². The Hall–Kier alpha value is -1.39. The van der Waals surface area contributed by atoms with Crippen molar-refractivity contribution < 1.29 is 13.2 Å². The van der Waals surface area contributed by atoms with Gasteiger partial charge in [0.25, 0.3) is 0 Å². The molecule has 0 aromatic heterocycles. The third-order valence-electron chi connectivity index (χ3n) is 3.35. The van der Waals surface area contributed by atoms with E-state index in [2.05, 4.69) is 11.8 Å². The van der Waals surface area contributed by atoms with E-state index < -0.39 is 10.0 Å². The van der Waals surface area contributed by atoms with E-state index in [1.165, 1.54) is 4.31 Å². The number of hydrogen-bond donors (Lipinski definition) is 1. The number of sulfonamides is 1. The van der Waals surface area contributed by atoms with Crippen molar-refractivity contribution in [1.82, 2.24) is 4.31 Å². The predicted octanol–water partition coefficient (Wildman–Crippen LogP) is 0.795. The van der Waals surface area contributed by atoms with E-state index in [-0.39, 0.29) is 23.6 Å². The van der Waals surface area contributed by atoms with Gasteiger partial charge >= 0.3 is 0 Å². The third-order valence-corrected chi connectivity index (χ3v) is 5.34. The Morgan fingerprint density at radius 2 is 2.00 bits per heavy atom. The molecule has 1 saturated heterocycles. The molecule has 1 aliphatic rings. The second-order valence-corrected chi connectivity index (χ2v) is 6.99. The molecule has 2 rings (SSSR count). The maximum atomic E-state index is 12.7. The molecule has 0 saturated carbocycles. The lowest BCUT2D eigenvalue weighted by molar-refractivity contribution is -0.0170. The zero-order valence-electron chi connectivity index (χ0n) is 12.2. The van der Waals surface area contributed by atoms with E-state index in [1.807, 2.05) is 13.8 Å². The first-order valence-electron chi connectivity index (χ1n) is 6.87. The minimum absolute atomic E-state index is 0.0920. The van der Waals surface area contributed by atoms with Gasteiger partial charge in [-0.05, 0) is 38.1 Å². The van der Waals surface area contributed by atoms with Gasteiger partial charge in [-0.25, -0.2) is 8.42 Å². The number of nitrogens with two attached hydrogens (primary N) is 1. The third kappa shape index (κ3) is 3.63. The molecule has 0 bridgehead atoms. The molecule has 0 radical (unpaired) electrons. The van der Waals surface area contributed by atoms with E-state index in [4.69, 9.17) is 10.5 Å². The van der Waals surface area contributed by atoms with Crippen LogP contribution in [0.3, 0.4) is 0 Å². The van der Waals surface area contributed by atoms with Gasteiger partial charge < -0.3 is 10.5 Å². The number of hydrogen-bond acceptors (Lipinski definition) is 4. The summed E-state index contributed by atoms with van der Waals surface area (Å²) in [5, 5.41) is 0. The summed E-state index contributed by atoms with van der Waals surface area (Å²) in [5.41, 5.74) is 6.07. The van der Waals surface area contributed by atoms with Crippen LogP contribution in [0.15, 0.2) is 29.2 Å². The minimum Gasteiger partial charge on any atom is -0.375 e. The van der Waals surface area contributed by atoms with Crippen molar-refractivity contribution in [3.05, 3.63) is 29.8 Å². The summed E-state index contributed by atoms with van der Waals surface area (Å²) in [6.45, 7) is 4.80. The Morgan fingerprint density at radius 3 is 2.62 bits per heavy atom. The van der Waals surface area contributed by atoms with Gasteiger partial charge in [-0.15, -0.1) is 0 Å². The molecule has 1 aliphatic heterocycles. The van der Waals surface area contributed by atoms with Gasteiger partial charge in [0, 0.05) is 18.2 Å². The first-order valence-corrected chi connectivity index (χ1v) is 8.31. The summed E-state index contributed by atoms with van der Waals surface area (Å²) in [6.07, 6.45) is -0.0920. The maximum absolute atomic E-state index is 12.7. The zero-order valence-corrected chi connectivity index (χ0v) is 13.1. The molecule has 0 aliphatic carbocycles. The molecule has 1 aromatic carbocycles. The first-order chi connectivity index (χ1) is 9.95. The fourth-order valence-corrected chi connectivity index (χ4v) is 3.90. The van der Waals surface area contributed by atoms with Crippen LogP contribution in [0.5, 0.6) is 0 Å². The second kappa shape index (κ2) is 6.58. The molecule has 0 amide bonds. The molecule has 5 nitrogen and oxygen atoms in total. The Balaban J connectivity index is 2.26. The fourth-order valence-electron chi connectivity index (χ4n) is 2.21. The van der Waals surface area contributed by atoms with Gasteiger partial charge in [-0.1, -0.05) is 11.8 Å². The van der Waals surface area contributed by atoms with E-state index in [0.29, 0.717) is 13.2 Å². The number of ether oxygens (including phenoxy) is 1. The van der Waals surface area contributed by atoms with Gasteiger partial charge in [0.1, 0.15) is 0 Å². The van der Waals surface area contributed by atoms with Gasteiger partial charge in [0.2, 0.25) is 10.0 Å². The van der Waals surface area contributed by atoms with Crippen LogP contribution in [-0.4, -0.2) is 44.6 Å². The van der Waals surface area contributed by atoms with Crippen LogP contribution < -0.4 is 5.73 Å². The van der Waals surface area contributed by atoms with Crippen LogP contribution in [0, 0.1) is 11.8 Å². The Bertz CT molecular complexity index is 644. The van der Waals surface area contributed by atoms with Gasteiger partial charge in [-0.3, -0.25) is 0 Å². The lowest BCUT2D eigenvalue weighted by atomic mass is 10.2. The SMILES string of the molecule is CC1CN(S(=O)(=O)c2ccc(C#CCN)cc2)C(C)CO1. The Kier molecular flexibility index (Phi) is 5.01. The van der Waals surface area contributed by atoms with Crippen molar-refractivity contribution in [2.24, 2.45) is 5.73 Å². The molecule has 114 valence electrons. The predicted molar refractivity (Wildman–Crippen MR) is 81.1 cm³/mol. The standard InChI is InChI=1S/C15H20N2O3S/c1-12-11-20-13(2)10-17(12)21(18,19)15-7-5-14(6-8-15)4-3-9-16/h5-8,12-13H,9-11,16H2,1-2H3. The molecule has 2 unspecified atom stereocenters. The maximum Gasteiger partial charge on any atom is 0.243 e. The van der Waals surface area contributed by atoms with Crippen molar-refractivity contribution >= 4 is 10.0 Å². The van der Waals surface area contributed by atoms with E-state index >= 15 is 0 Å². The van der Waals surface area contributed by atoms with Crippen molar-refractivity contribution in [2.75, 3.05) is 19.7 Å². The summed E-state index contributed by atoms with van der Waals surface area (Å²) in [6, 6.07) is 6.41. The van der Waals surface area contributed by atoms with Crippen molar-refractivity contribution in [2.45, 2.75) is 30.9 Å². The highest BCUT2D eigenvalue weighted by molar-refractivity contribution is 7.89. The Labute approximate surface area is 126 Å². The molecule has 1 heterocycles. The molecular formula is C15H20N2O3S. The molecule has 1 fully saturated rings. The second-order valence-electron chi connectivity index (χ2n) is 5.10. The smallest absolute Gasteiger partial charge is 0.243 e. The highest BCUT2D eigenvalue weighted by Gasteiger charge is 2.33. The van der Waals surface area contributed by atoms with Crippen LogP contribution in [0.25, 0.3) is 0 Å². The number of morpholine rings is 1. The number of benzene rings is 1. The van der Waals surface area contributed by atoms with Crippen molar-refractivity contribution in [1.29, 1.82) is 0 Å². The monoisotopic (exact) mass is 308 g/mol. The van der Waals surface area contributed by atoms with E-state index in [0.717, 1.165) is 5.56 Å². The highest BCUT2D eigenvalue weighted by atomic mass is 32.2. The largest absolute Gasteiger partial charge is 0.375 e. The number of nitrogens with zero attached hydrogens (tertiary/aromatic N) is 1. The molecular weight excluding hydrogens is 288 g/mol. The van der Waals surface area contributed by atoms with Crippen LogP contribution in [0.2, 0.25) is 0 Å². The summed E-state index contributed by atoms with van der Waals surface area (Å²) >= 11 is 0. The van der Waals surface area contributed by atoms with Crippen LogP contribution >= 0.6 is 0 Å². The molecule has 21 heavy (non-hydrogen) atoms. The van der Waals surface area contributed by atoms with Gasteiger partial charge in [0.15, 0.2) is 0 Å². The molecule has 2 atom stereocenters. The van der Waals surface area contributed by atoms with Crippen LogP contribution in [0.4, 0.5) is 0 Å². The zero-order chi connectivity index (χ0) is 15.5. The lowest BCUT2D eigenvalue weighted by Crippen LogP contribution is -2.50. The Morgan fingerprint density at radius 1 is 1.33 bits per heavy atom. The summed E-state index contributed by atoms with van der Waals surface area (Å²) < 4.78 is 32.3. The summed E-state index contributed by atoms with van der Waals surface area (Å²) in [5.74, 6) is 5.62. The minimum atomic E-state index is -3.50. The van der Waals surface area contributed by atoms with Gasteiger partial charge in [-0.2, -0.15) is 4.31 Å². The lowest BCUT2D eigenvalue weighted by Gasteiger charge is -2.35. The normalized spacial score (nSPS) is 23.4.